The lowest BCUT2D eigenvalue weighted by Crippen LogP contribution is -2.65. The summed E-state index contributed by atoms with van der Waals surface area (Å²) in [5.41, 5.74) is 5.13. The van der Waals surface area contributed by atoms with E-state index in [-0.39, 0.29) is 17.0 Å². The van der Waals surface area contributed by atoms with Gasteiger partial charge in [-0.15, -0.1) is 0 Å². The molecule has 0 atom stereocenters. The maximum Gasteiger partial charge on any atom is 0.269 e. The molecule has 172 valence electrons. The van der Waals surface area contributed by atoms with E-state index >= 15 is 0 Å². The number of carbonyl (C=O) groups is 1. The first-order chi connectivity index (χ1) is 16.0. The number of pyridine rings is 3. The van der Waals surface area contributed by atoms with Crippen LogP contribution < -0.4 is 15.8 Å². The smallest absolute Gasteiger partial charge is 0.269 e. The summed E-state index contributed by atoms with van der Waals surface area (Å²) in [5.74, 6) is -0.166. The summed E-state index contributed by atoms with van der Waals surface area (Å²) in [6.07, 6.45) is 8.00. The van der Waals surface area contributed by atoms with Crippen LogP contribution in [0.25, 0.3) is 11.0 Å². The molecule has 3 aromatic heterocycles. The molecule has 33 heavy (non-hydrogen) atoms. The van der Waals surface area contributed by atoms with E-state index in [0.29, 0.717) is 12.1 Å². The summed E-state index contributed by atoms with van der Waals surface area (Å²) >= 11 is 0. The highest BCUT2D eigenvalue weighted by molar-refractivity contribution is 5.92. The Morgan fingerprint density at radius 3 is 2.70 bits per heavy atom. The Kier molecular flexibility index (Phi) is 5.62. The Balaban J connectivity index is 1.32. The zero-order valence-electron chi connectivity index (χ0n) is 19.2. The van der Waals surface area contributed by atoms with Crippen LogP contribution >= 0.6 is 0 Å². The predicted octanol–water partition coefficient (Wildman–Crippen LogP) is 2.49. The number of hydrogen-bond acceptors (Lipinski definition) is 6. The Bertz CT molecular complexity index is 1230. The van der Waals surface area contributed by atoms with Crippen molar-refractivity contribution in [3.63, 3.8) is 0 Å². The number of anilines is 1. The molecule has 8 nitrogen and oxygen atoms in total. The van der Waals surface area contributed by atoms with Gasteiger partial charge in [0.1, 0.15) is 5.69 Å². The summed E-state index contributed by atoms with van der Waals surface area (Å²) < 4.78 is 0. The van der Waals surface area contributed by atoms with Crippen LogP contribution in [-0.4, -0.2) is 58.0 Å². The average molecular weight is 447 g/mol. The van der Waals surface area contributed by atoms with E-state index in [1.807, 2.05) is 31.5 Å². The van der Waals surface area contributed by atoms with Crippen molar-refractivity contribution in [3.8, 4) is 0 Å². The number of rotatable bonds is 5. The van der Waals surface area contributed by atoms with E-state index in [0.717, 1.165) is 66.9 Å². The van der Waals surface area contributed by atoms with Crippen LogP contribution in [0.1, 0.15) is 47.8 Å². The van der Waals surface area contributed by atoms with Crippen LogP contribution in [-0.2, 0) is 13.0 Å². The second kappa shape index (κ2) is 8.59. The number of amides is 1. The van der Waals surface area contributed by atoms with Crippen LogP contribution in [0.5, 0.6) is 0 Å². The fourth-order valence-electron chi connectivity index (χ4n) is 5.19. The number of aromatic nitrogens is 3. The van der Waals surface area contributed by atoms with Gasteiger partial charge in [0.25, 0.3) is 11.5 Å². The topological polar surface area (TPSA) is 94.2 Å². The number of fused-ring (bicyclic) bond motifs is 1. The van der Waals surface area contributed by atoms with Crippen LogP contribution in [0, 0.1) is 0 Å². The summed E-state index contributed by atoms with van der Waals surface area (Å²) in [4.78, 5) is 41.0. The second-order valence-electron chi connectivity index (χ2n) is 9.17. The lowest BCUT2D eigenvalue weighted by atomic mass is 9.73. The number of nitrogens with zero attached hydrogens (tertiary/aromatic N) is 4. The van der Waals surface area contributed by atoms with E-state index in [1.54, 1.807) is 13.1 Å². The van der Waals surface area contributed by atoms with E-state index in [9.17, 15) is 9.59 Å². The van der Waals surface area contributed by atoms with Gasteiger partial charge in [-0.2, -0.15) is 0 Å². The van der Waals surface area contributed by atoms with Gasteiger partial charge >= 0.3 is 0 Å². The zero-order valence-corrected chi connectivity index (χ0v) is 19.2. The molecule has 3 aromatic rings. The molecule has 2 fully saturated rings. The van der Waals surface area contributed by atoms with Gasteiger partial charge in [-0.1, -0.05) is 6.92 Å². The fraction of sp³-hybridized carbons (Fsp3) is 0.440. The van der Waals surface area contributed by atoms with E-state index in [1.165, 1.54) is 6.42 Å². The quantitative estimate of drug-likeness (QED) is 0.625. The van der Waals surface area contributed by atoms with Crippen LogP contribution in [0.4, 0.5) is 5.69 Å². The highest BCUT2D eigenvalue weighted by Gasteiger charge is 2.46. The molecule has 2 aliphatic rings. The molecule has 2 N–H and O–H groups in total. The SMILES string of the molecule is CCc1cc2ncc(CN3CCN(c4ccc(C(=O)NC)nc4)C4(CCC4)C3)cc2[nH]c1=O. The molecule has 0 aromatic carbocycles. The molecular weight excluding hydrogens is 416 g/mol. The number of aryl methyl sites for hydroxylation is 1. The summed E-state index contributed by atoms with van der Waals surface area (Å²) in [5, 5.41) is 2.62. The monoisotopic (exact) mass is 446 g/mol. The van der Waals surface area contributed by atoms with Crippen molar-refractivity contribution in [3.05, 3.63) is 63.8 Å². The molecule has 1 saturated heterocycles. The van der Waals surface area contributed by atoms with Crippen LogP contribution in [0.3, 0.4) is 0 Å². The van der Waals surface area contributed by atoms with Crippen LogP contribution in [0.15, 0.2) is 41.5 Å². The first kappa shape index (κ1) is 21.6. The number of hydrogen-bond donors (Lipinski definition) is 2. The third-order valence-corrected chi connectivity index (χ3v) is 7.15. The highest BCUT2D eigenvalue weighted by atomic mass is 16.1. The molecule has 0 unspecified atom stereocenters. The summed E-state index contributed by atoms with van der Waals surface area (Å²) in [6.45, 7) is 5.62. The molecule has 1 aliphatic heterocycles. The van der Waals surface area contributed by atoms with Gasteiger partial charge in [0.15, 0.2) is 0 Å². The van der Waals surface area contributed by atoms with Gasteiger partial charge in [-0.25, -0.2) is 4.98 Å². The number of carbonyl (C=O) groups excluding carboxylic acids is 1. The molecule has 1 aliphatic carbocycles. The summed E-state index contributed by atoms with van der Waals surface area (Å²) in [7, 11) is 1.62. The normalized spacial score (nSPS) is 17.8. The van der Waals surface area contributed by atoms with Crippen molar-refractivity contribution in [2.45, 2.75) is 44.7 Å². The zero-order chi connectivity index (χ0) is 23.0. The highest BCUT2D eigenvalue weighted by Crippen LogP contribution is 2.43. The Labute approximate surface area is 193 Å². The van der Waals surface area contributed by atoms with E-state index in [2.05, 4.69) is 36.1 Å². The van der Waals surface area contributed by atoms with Crippen molar-refractivity contribution in [2.75, 3.05) is 31.6 Å². The molecule has 4 heterocycles. The molecule has 1 amide bonds. The number of piperazine rings is 1. The Morgan fingerprint density at radius 1 is 1.18 bits per heavy atom. The molecule has 1 spiro atoms. The third kappa shape index (κ3) is 3.99. The van der Waals surface area contributed by atoms with Gasteiger partial charge in [0.05, 0.1) is 28.5 Å². The van der Waals surface area contributed by atoms with Crippen molar-refractivity contribution < 1.29 is 4.79 Å². The maximum absolute atomic E-state index is 12.2. The molecule has 0 radical (unpaired) electrons. The molecular formula is C25H30N6O2. The lowest BCUT2D eigenvalue weighted by Gasteiger charge is -2.57. The standard InChI is InChI=1S/C25H30N6O2/c1-3-18-12-21-22(29-23(18)32)11-17(13-27-21)15-30-9-10-31(25(16-30)7-4-8-25)19-5-6-20(28-14-19)24(33)26-2/h5-6,11-14H,3-4,7-10,15-16H2,1-2H3,(H,26,33)(H,29,32). The second-order valence-corrected chi connectivity index (χ2v) is 9.17. The van der Waals surface area contributed by atoms with Crippen molar-refractivity contribution in [2.24, 2.45) is 0 Å². The van der Waals surface area contributed by atoms with Gasteiger partial charge in [-0.3, -0.25) is 19.5 Å². The lowest BCUT2D eigenvalue weighted by molar-refractivity contribution is 0.0956. The fourth-order valence-corrected chi connectivity index (χ4v) is 5.19. The first-order valence-corrected chi connectivity index (χ1v) is 11.7. The van der Waals surface area contributed by atoms with E-state index < -0.39 is 0 Å². The van der Waals surface area contributed by atoms with Gasteiger partial charge in [0, 0.05) is 45.0 Å². The molecule has 0 bridgehead atoms. The largest absolute Gasteiger partial charge is 0.362 e. The Hall–Kier alpha value is -3.26. The van der Waals surface area contributed by atoms with Crippen molar-refractivity contribution >= 4 is 22.6 Å². The van der Waals surface area contributed by atoms with Gasteiger partial charge in [-0.05, 0) is 55.5 Å². The van der Waals surface area contributed by atoms with Gasteiger partial charge < -0.3 is 15.2 Å². The van der Waals surface area contributed by atoms with E-state index in [4.69, 9.17) is 0 Å². The minimum atomic E-state index is -0.166. The number of nitrogens with one attached hydrogen (secondary N) is 2. The molecule has 8 heteroatoms. The number of H-pyrrole nitrogens is 1. The summed E-state index contributed by atoms with van der Waals surface area (Å²) in [6, 6.07) is 7.77. The van der Waals surface area contributed by atoms with Crippen molar-refractivity contribution in [1.82, 2.24) is 25.2 Å². The maximum atomic E-state index is 12.2. The van der Waals surface area contributed by atoms with Crippen LogP contribution in [0.2, 0.25) is 0 Å². The molecule has 1 saturated carbocycles. The molecule has 5 rings (SSSR count). The Morgan fingerprint density at radius 2 is 2.03 bits per heavy atom. The average Bonchev–Trinajstić information content (AvgIpc) is 2.82. The first-order valence-electron chi connectivity index (χ1n) is 11.7. The predicted molar refractivity (Wildman–Crippen MR) is 129 cm³/mol. The minimum absolute atomic E-state index is 0.0259. The number of aromatic amines is 1. The van der Waals surface area contributed by atoms with Gasteiger partial charge in [0.2, 0.25) is 0 Å². The third-order valence-electron chi connectivity index (χ3n) is 7.15. The van der Waals surface area contributed by atoms with Crippen molar-refractivity contribution in [1.29, 1.82) is 0 Å². The minimum Gasteiger partial charge on any atom is -0.362 e.